The van der Waals surface area contributed by atoms with Crippen molar-refractivity contribution in [3.05, 3.63) is 77.3 Å². The van der Waals surface area contributed by atoms with Gasteiger partial charge in [-0.3, -0.25) is 13.9 Å². The molecule has 0 radical (unpaired) electrons. The number of nitrogens with zero attached hydrogens (tertiary/aromatic N) is 4. The second-order valence-corrected chi connectivity index (χ2v) is 9.07. The normalized spacial score (nSPS) is 18.6. The van der Waals surface area contributed by atoms with Gasteiger partial charge in [-0.2, -0.15) is 0 Å². The summed E-state index contributed by atoms with van der Waals surface area (Å²) >= 11 is 0. The van der Waals surface area contributed by atoms with Crippen LogP contribution >= 0.6 is 0 Å². The van der Waals surface area contributed by atoms with Gasteiger partial charge in [-0.25, -0.2) is 14.2 Å². The molecule has 0 saturated carbocycles. The number of likely N-dealkylation sites (tertiary alicyclic amines) is 1. The molecule has 0 spiro atoms. The summed E-state index contributed by atoms with van der Waals surface area (Å²) in [7, 11) is 1.54. The molecule has 1 unspecified atom stereocenters. The first-order chi connectivity index (χ1) is 17.9. The van der Waals surface area contributed by atoms with Crippen molar-refractivity contribution >= 4 is 22.8 Å². The van der Waals surface area contributed by atoms with Crippen LogP contribution in [-0.4, -0.2) is 57.4 Å². The predicted octanol–water partition coefficient (Wildman–Crippen LogP) is 3.71. The number of alkyl halides is 1. The SMILES string of the molecule is CO[C@@H]1C[C@H](n2c(=O)n(-c3ccc(Oc4ccccc4)cc3)c3c(N)nccc32)CN(C(=O)C(C)F)C1. The van der Waals surface area contributed by atoms with Crippen molar-refractivity contribution in [2.24, 2.45) is 0 Å². The highest BCUT2D eigenvalue weighted by molar-refractivity contribution is 5.87. The molecular formula is C27H28FN5O4. The van der Waals surface area contributed by atoms with E-state index in [-0.39, 0.29) is 30.7 Å². The number of para-hydroxylation sites is 1. The smallest absolute Gasteiger partial charge is 0.334 e. The van der Waals surface area contributed by atoms with Crippen LogP contribution in [0.1, 0.15) is 19.4 Å². The Bertz CT molecular complexity index is 1470. The summed E-state index contributed by atoms with van der Waals surface area (Å²) in [4.78, 5) is 32.0. The Labute approximate surface area is 212 Å². The maximum atomic E-state index is 13.9. The van der Waals surface area contributed by atoms with E-state index < -0.39 is 18.1 Å². The number of methoxy groups -OCH3 is 1. The number of imidazole rings is 1. The standard InChI is InChI=1S/C27H28FN5O4/c1-17(28)26(34)31-15-19(14-22(16-31)36-2)32-23-12-13-30-25(29)24(23)33(27(32)35)18-8-10-21(11-9-18)37-20-6-4-3-5-7-20/h3-13,17,19,22H,14-16H2,1-2H3,(H2,29,30)/t17?,19-,22+/m0/s1. The lowest BCUT2D eigenvalue weighted by Gasteiger charge is -2.37. The van der Waals surface area contributed by atoms with Crippen LogP contribution in [0.4, 0.5) is 10.2 Å². The van der Waals surface area contributed by atoms with Gasteiger partial charge in [0.15, 0.2) is 6.17 Å². The number of hydrogen-bond acceptors (Lipinski definition) is 6. The van der Waals surface area contributed by atoms with Crippen LogP contribution in [0, 0.1) is 0 Å². The van der Waals surface area contributed by atoms with Gasteiger partial charge in [0.25, 0.3) is 5.91 Å². The van der Waals surface area contributed by atoms with Gasteiger partial charge in [0.05, 0.1) is 23.3 Å². The third-order valence-electron chi connectivity index (χ3n) is 6.63. The maximum Gasteiger partial charge on any atom is 0.334 e. The van der Waals surface area contributed by atoms with Crippen LogP contribution in [0.2, 0.25) is 0 Å². The van der Waals surface area contributed by atoms with Crippen LogP contribution in [-0.2, 0) is 9.53 Å². The molecule has 1 aliphatic heterocycles. The first-order valence-electron chi connectivity index (χ1n) is 12.0. The highest BCUT2D eigenvalue weighted by Gasteiger charge is 2.35. The number of ether oxygens (including phenoxy) is 2. The maximum absolute atomic E-state index is 13.9. The highest BCUT2D eigenvalue weighted by atomic mass is 19.1. The molecule has 1 saturated heterocycles. The van der Waals surface area contributed by atoms with E-state index in [9.17, 15) is 14.0 Å². The first-order valence-corrected chi connectivity index (χ1v) is 12.0. The molecule has 1 fully saturated rings. The molecule has 1 amide bonds. The predicted molar refractivity (Wildman–Crippen MR) is 138 cm³/mol. The zero-order valence-corrected chi connectivity index (χ0v) is 20.6. The van der Waals surface area contributed by atoms with Crippen molar-refractivity contribution in [3.8, 4) is 17.2 Å². The van der Waals surface area contributed by atoms with Crippen molar-refractivity contribution in [1.82, 2.24) is 19.0 Å². The Morgan fingerprint density at radius 2 is 1.78 bits per heavy atom. The van der Waals surface area contributed by atoms with Crippen LogP contribution in [0.25, 0.3) is 16.7 Å². The molecule has 3 heterocycles. The minimum absolute atomic E-state index is 0.179. The van der Waals surface area contributed by atoms with E-state index in [1.807, 2.05) is 30.3 Å². The Kier molecular flexibility index (Phi) is 6.66. The molecule has 0 aliphatic carbocycles. The molecule has 5 rings (SSSR count). The van der Waals surface area contributed by atoms with Gasteiger partial charge in [0, 0.05) is 26.4 Å². The molecule has 192 valence electrons. The van der Waals surface area contributed by atoms with Gasteiger partial charge in [0.1, 0.15) is 22.8 Å². The van der Waals surface area contributed by atoms with Crippen LogP contribution in [0.15, 0.2) is 71.7 Å². The van der Waals surface area contributed by atoms with E-state index in [1.165, 1.54) is 22.6 Å². The monoisotopic (exact) mass is 505 g/mol. The first kappa shape index (κ1) is 24.5. The number of piperidine rings is 1. The van der Waals surface area contributed by atoms with Crippen molar-refractivity contribution < 1.29 is 18.7 Å². The summed E-state index contributed by atoms with van der Waals surface area (Å²) < 4.78 is 28.4. The Hall–Kier alpha value is -4.18. The summed E-state index contributed by atoms with van der Waals surface area (Å²) in [6.07, 6.45) is 0.0235. The van der Waals surface area contributed by atoms with Crippen molar-refractivity contribution in [1.29, 1.82) is 0 Å². The number of carbonyl (C=O) groups excluding carboxylic acids is 1. The lowest BCUT2D eigenvalue weighted by atomic mass is 10.0. The third kappa shape index (κ3) is 4.67. The number of anilines is 1. The number of aromatic nitrogens is 3. The van der Waals surface area contributed by atoms with E-state index in [0.717, 1.165) is 0 Å². The molecule has 4 aromatic rings. The van der Waals surface area contributed by atoms with E-state index >= 15 is 0 Å². The Morgan fingerprint density at radius 3 is 2.46 bits per heavy atom. The van der Waals surface area contributed by atoms with Crippen LogP contribution in [0.3, 0.4) is 0 Å². The number of hydrogen-bond donors (Lipinski definition) is 1. The number of pyridine rings is 1. The van der Waals surface area contributed by atoms with Gasteiger partial charge >= 0.3 is 5.69 Å². The summed E-state index contributed by atoms with van der Waals surface area (Å²) in [6.45, 7) is 1.65. The molecule has 1 aliphatic rings. The van der Waals surface area contributed by atoms with Gasteiger partial charge in [-0.1, -0.05) is 18.2 Å². The van der Waals surface area contributed by atoms with E-state index in [2.05, 4.69) is 4.98 Å². The molecule has 10 heteroatoms. The molecule has 2 aromatic carbocycles. The van der Waals surface area contributed by atoms with Crippen molar-refractivity contribution in [3.63, 3.8) is 0 Å². The summed E-state index contributed by atoms with van der Waals surface area (Å²) in [6, 6.07) is 17.8. The molecule has 2 N–H and O–H groups in total. The fourth-order valence-corrected chi connectivity index (χ4v) is 4.89. The van der Waals surface area contributed by atoms with E-state index in [0.29, 0.717) is 34.6 Å². The van der Waals surface area contributed by atoms with Crippen LogP contribution in [0.5, 0.6) is 11.5 Å². The minimum atomic E-state index is -1.65. The van der Waals surface area contributed by atoms with Gasteiger partial charge in [-0.05, 0) is 55.8 Å². The fraction of sp³-hybridized carbons (Fsp3) is 0.296. The largest absolute Gasteiger partial charge is 0.457 e. The zero-order chi connectivity index (χ0) is 26.1. The number of amides is 1. The average Bonchev–Trinajstić information content (AvgIpc) is 3.21. The summed E-state index contributed by atoms with van der Waals surface area (Å²) in [5.41, 5.74) is 7.53. The fourth-order valence-electron chi connectivity index (χ4n) is 4.89. The molecule has 2 aromatic heterocycles. The van der Waals surface area contributed by atoms with Gasteiger partial charge in [-0.15, -0.1) is 0 Å². The number of fused-ring (bicyclic) bond motifs is 1. The molecule has 9 nitrogen and oxygen atoms in total. The second-order valence-electron chi connectivity index (χ2n) is 9.07. The topological polar surface area (TPSA) is 105 Å². The number of halogens is 1. The quantitative estimate of drug-likeness (QED) is 0.428. The molecule has 3 atom stereocenters. The number of carbonyl (C=O) groups is 1. The number of rotatable bonds is 6. The Balaban J connectivity index is 1.57. The zero-order valence-electron chi connectivity index (χ0n) is 20.6. The van der Waals surface area contributed by atoms with Crippen molar-refractivity contribution in [2.45, 2.75) is 31.7 Å². The molecule has 0 bridgehead atoms. The highest BCUT2D eigenvalue weighted by Crippen LogP contribution is 2.30. The molecular weight excluding hydrogens is 477 g/mol. The van der Waals surface area contributed by atoms with Gasteiger partial charge in [0.2, 0.25) is 0 Å². The van der Waals surface area contributed by atoms with E-state index in [4.69, 9.17) is 15.2 Å². The number of benzene rings is 2. The van der Waals surface area contributed by atoms with Crippen molar-refractivity contribution in [2.75, 3.05) is 25.9 Å². The van der Waals surface area contributed by atoms with Gasteiger partial charge < -0.3 is 20.1 Å². The Morgan fingerprint density at radius 1 is 1.08 bits per heavy atom. The van der Waals surface area contributed by atoms with E-state index in [1.54, 1.807) is 42.0 Å². The number of nitrogens with two attached hydrogens (primary N) is 1. The lowest BCUT2D eigenvalue weighted by molar-refractivity contribution is -0.140. The molecule has 37 heavy (non-hydrogen) atoms. The third-order valence-corrected chi connectivity index (χ3v) is 6.63. The average molecular weight is 506 g/mol. The summed E-state index contributed by atoms with van der Waals surface area (Å²) in [5, 5.41) is 0. The van der Waals surface area contributed by atoms with Crippen LogP contribution < -0.4 is 16.2 Å². The number of nitrogen functional groups attached to an aromatic ring is 1. The second kappa shape index (κ2) is 10.1. The minimum Gasteiger partial charge on any atom is -0.457 e. The lowest BCUT2D eigenvalue weighted by Crippen LogP contribution is -2.50. The summed E-state index contributed by atoms with van der Waals surface area (Å²) in [5.74, 6) is 0.882.